The quantitative estimate of drug-likeness (QED) is 0.300. The molecular weight excluding hydrogens is 216 g/mol. The summed E-state index contributed by atoms with van der Waals surface area (Å²) >= 11 is 0. The van der Waals surface area contributed by atoms with Gasteiger partial charge in [0.05, 0.1) is 0 Å². The molecule has 0 aliphatic rings. The molecule has 0 rings (SSSR count). The van der Waals surface area contributed by atoms with Crippen molar-refractivity contribution in [3.05, 3.63) is 13.8 Å². The van der Waals surface area contributed by atoms with Gasteiger partial charge in [0.25, 0.3) is 0 Å². The molecule has 0 amide bonds. The van der Waals surface area contributed by atoms with E-state index in [1.807, 2.05) is 0 Å². The molecule has 2 radical (unpaired) electrons. The van der Waals surface area contributed by atoms with Crippen molar-refractivity contribution in [1.29, 1.82) is 0 Å². The average molecular weight is 252 g/mol. The Kier molecular flexibility index (Phi) is 15.1. The highest BCUT2D eigenvalue weighted by Crippen LogP contribution is 2.18. The van der Waals surface area contributed by atoms with E-state index in [-0.39, 0.29) is 0 Å². The molecule has 0 saturated carbocycles. The fraction of sp³-hybridized carbons (Fsp3) is 0.889. The summed E-state index contributed by atoms with van der Waals surface area (Å²) in [5.74, 6) is 0.714. The second kappa shape index (κ2) is 15.1. The minimum atomic E-state index is 0.714. The maximum absolute atomic E-state index is 4.29. The molecule has 0 saturated heterocycles. The Morgan fingerprint density at radius 1 is 0.667 bits per heavy atom. The first kappa shape index (κ1) is 18.0. The van der Waals surface area contributed by atoms with Crippen LogP contribution < -0.4 is 0 Å². The van der Waals surface area contributed by atoms with E-state index >= 15 is 0 Å². The van der Waals surface area contributed by atoms with Gasteiger partial charge in [0.2, 0.25) is 0 Å². The Hall–Kier alpha value is 0. The van der Waals surface area contributed by atoms with Crippen LogP contribution in [0.3, 0.4) is 0 Å². The third-order valence-electron chi connectivity index (χ3n) is 3.83. The van der Waals surface area contributed by atoms with Crippen molar-refractivity contribution < 1.29 is 0 Å². The number of unbranched alkanes of at least 4 members (excludes halogenated alkanes) is 10. The van der Waals surface area contributed by atoms with Gasteiger partial charge >= 0.3 is 0 Å². The fourth-order valence-electron chi connectivity index (χ4n) is 2.50. The Bertz CT molecular complexity index is 139. The number of hydrogen-bond acceptors (Lipinski definition) is 0. The molecule has 1 unspecified atom stereocenters. The summed E-state index contributed by atoms with van der Waals surface area (Å²) in [5.41, 5.74) is 0. The minimum Gasteiger partial charge on any atom is -0.0654 e. The van der Waals surface area contributed by atoms with Crippen LogP contribution in [-0.2, 0) is 0 Å². The number of hydrogen-bond donors (Lipinski definition) is 0. The summed E-state index contributed by atoms with van der Waals surface area (Å²) in [7, 11) is 0. The van der Waals surface area contributed by atoms with Crippen molar-refractivity contribution in [3.63, 3.8) is 0 Å². The van der Waals surface area contributed by atoms with Crippen molar-refractivity contribution >= 4 is 0 Å². The lowest BCUT2D eigenvalue weighted by atomic mass is 9.96. The largest absolute Gasteiger partial charge is 0.0654 e. The first-order valence-electron chi connectivity index (χ1n) is 8.43. The molecule has 0 bridgehead atoms. The second-order valence-electron chi connectivity index (χ2n) is 5.83. The maximum atomic E-state index is 4.29. The summed E-state index contributed by atoms with van der Waals surface area (Å²) in [4.78, 5) is 0. The van der Waals surface area contributed by atoms with E-state index in [1.165, 1.54) is 83.5 Å². The summed E-state index contributed by atoms with van der Waals surface area (Å²) in [5, 5.41) is 0. The molecule has 0 aliphatic carbocycles. The van der Waals surface area contributed by atoms with Crippen LogP contribution in [0.2, 0.25) is 0 Å². The lowest BCUT2D eigenvalue weighted by molar-refractivity contribution is 0.464. The van der Waals surface area contributed by atoms with Crippen molar-refractivity contribution in [1.82, 2.24) is 0 Å². The van der Waals surface area contributed by atoms with Crippen molar-refractivity contribution in [2.75, 3.05) is 0 Å². The van der Waals surface area contributed by atoms with Crippen molar-refractivity contribution in [2.24, 2.45) is 5.92 Å². The molecule has 18 heavy (non-hydrogen) atoms. The Balaban J connectivity index is 3.09. The number of rotatable bonds is 14. The molecule has 0 heterocycles. The molecular formula is C18H36. The van der Waals surface area contributed by atoms with Gasteiger partial charge < -0.3 is 0 Å². The molecule has 0 aromatic heterocycles. The smallest absolute Gasteiger partial charge is 0.0414 e. The van der Waals surface area contributed by atoms with Gasteiger partial charge in [0.1, 0.15) is 0 Å². The lowest BCUT2D eigenvalue weighted by Gasteiger charge is -2.10. The summed E-state index contributed by atoms with van der Waals surface area (Å²) in [6, 6.07) is 0. The van der Waals surface area contributed by atoms with Gasteiger partial charge in [0.15, 0.2) is 0 Å². The molecule has 0 heteroatoms. The van der Waals surface area contributed by atoms with Crippen LogP contribution in [0.25, 0.3) is 0 Å². The van der Waals surface area contributed by atoms with Crippen LogP contribution in [0.1, 0.15) is 96.8 Å². The highest BCUT2D eigenvalue weighted by molar-refractivity contribution is 4.62. The molecule has 108 valence electrons. The molecule has 0 nitrogen and oxygen atoms in total. The SMILES string of the molecule is [CH2]CCCCCCCCC([CH2])CCCCCCC. The second-order valence-corrected chi connectivity index (χ2v) is 5.83. The molecule has 0 aromatic rings. The molecule has 1 atom stereocenters. The van der Waals surface area contributed by atoms with E-state index < -0.39 is 0 Å². The molecule has 0 fully saturated rings. The summed E-state index contributed by atoms with van der Waals surface area (Å²) < 4.78 is 0. The van der Waals surface area contributed by atoms with Crippen LogP contribution in [0.5, 0.6) is 0 Å². The average Bonchev–Trinajstić information content (AvgIpc) is 2.37. The van der Waals surface area contributed by atoms with Gasteiger partial charge in [-0.3, -0.25) is 0 Å². The van der Waals surface area contributed by atoms with Crippen LogP contribution >= 0.6 is 0 Å². The van der Waals surface area contributed by atoms with Crippen molar-refractivity contribution in [3.8, 4) is 0 Å². The van der Waals surface area contributed by atoms with E-state index in [0.717, 1.165) is 6.42 Å². The van der Waals surface area contributed by atoms with E-state index in [1.54, 1.807) is 0 Å². The maximum Gasteiger partial charge on any atom is -0.0414 e. The Morgan fingerprint density at radius 2 is 1.11 bits per heavy atom. The van der Waals surface area contributed by atoms with E-state index in [9.17, 15) is 0 Å². The van der Waals surface area contributed by atoms with Gasteiger partial charge in [-0.25, -0.2) is 0 Å². The van der Waals surface area contributed by atoms with Gasteiger partial charge in [-0.15, -0.1) is 0 Å². The molecule has 0 spiro atoms. The predicted octanol–water partition coefficient (Wildman–Crippen LogP) is 6.75. The third kappa shape index (κ3) is 14.1. The fourth-order valence-corrected chi connectivity index (χ4v) is 2.50. The van der Waals surface area contributed by atoms with Crippen LogP contribution in [0, 0.1) is 19.8 Å². The monoisotopic (exact) mass is 252 g/mol. The first-order valence-corrected chi connectivity index (χ1v) is 8.43. The first-order chi connectivity index (χ1) is 8.81. The third-order valence-corrected chi connectivity index (χ3v) is 3.83. The zero-order valence-corrected chi connectivity index (χ0v) is 12.9. The Morgan fingerprint density at radius 3 is 1.61 bits per heavy atom. The normalized spacial score (nSPS) is 12.8. The van der Waals surface area contributed by atoms with Gasteiger partial charge in [0, 0.05) is 0 Å². The highest BCUT2D eigenvalue weighted by Gasteiger charge is 2.01. The van der Waals surface area contributed by atoms with Gasteiger partial charge in [-0.2, -0.15) is 0 Å². The standard InChI is InChI=1S/C18H36/c1-4-6-8-10-11-13-15-17-18(3)16-14-12-9-7-5-2/h18H,1,3-17H2,2H3. The Labute approximate surface area is 117 Å². The summed E-state index contributed by atoms with van der Waals surface area (Å²) in [6.07, 6.45) is 19.2. The van der Waals surface area contributed by atoms with Crippen molar-refractivity contribution in [2.45, 2.75) is 96.8 Å². The van der Waals surface area contributed by atoms with Gasteiger partial charge in [-0.05, 0) is 5.92 Å². The molecule has 0 aliphatic heterocycles. The van der Waals surface area contributed by atoms with E-state index in [0.29, 0.717) is 5.92 Å². The topological polar surface area (TPSA) is 0 Å². The lowest BCUT2D eigenvalue weighted by Crippen LogP contribution is -1.95. The molecule has 0 N–H and O–H groups in total. The minimum absolute atomic E-state index is 0.714. The molecule has 0 aromatic carbocycles. The zero-order valence-electron chi connectivity index (χ0n) is 12.9. The van der Waals surface area contributed by atoms with Crippen LogP contribution in [0.4, 0.5) is 0 Å². The van der Waals surface area contributed by atoms with Crippen LogP contribution in [-0.4, -0.2) is 0 Å². The predicted molar refractivity (Wildman–Crippen MR) is 84.5 cm³/mol. The van der Waals surface area contributed by atoms with Crippen LogP contribution in [0.15, 0.2) is 0 Å². The van der Waals surface area contributed by atoms with E-state index in [2.05, 4.69) is 20.8 Å². The van der Waals surface area contributed by atoms with Gasteiger partial charge in [-0.1, -0.05) is 111 Å². The zero-order chi connectivity index (χ0) is 13.5. The highest BCUT2D eigenvalue weighted by atomic mass is 14.1. The summed E-state index contributed by atoms with van der Waals surface area (Å²) in [6.45, 7) is 10.5. The van der Waals surface area contributed by atoms with E-state index in [4.69, 9.17) is 0 Å².